The summed E-state index contributed by atoms with van der Waals surface area (Å²) in [7, 11) is 0. The Morgan fingerprint density at radius 2 is 2.16 bits per heavy atom. The molecular formula is C14H17ClN2OS. The van der Waals surface area contributed by atoms with E-state index in [4.69, 9.17) is 29.6 Å². The maximum absolute atomic E-state index is 12.4. The number of aryl methyl sites for hydroxylation is 1. The average Bonchev–Trinajstić information content (AvgIpc) is 2.28. The molecule has 1 aromatic carbocycles. The zero-order chi connectivity index (χ0) is 14.2. The number of nitrogens with one attached hydrogen (secondary N) is 1. The molecule has 0 saturated heterocycles. The Morgan fingerprint density at radius 1 is 1.53 bits per heavy atom. The van der Waals surface area contributed by atoms with Crippen LogP contribution in [0.4, 0.5) is 5.69 Å². The number of rotatable bonds is 3. The maximum atomic E-state index is 12.4. The fourth-order valence-electron chi connectivity index (χ4n) is 2.60. The van der Waals surface area contributed by atoms with Gasteiger partial charge in [-0.15, -0.1) is 0 Å². The quantitative estimate of drug-likeness (QED) is 0.842. The smallest absolute Gasteiger partial charge is 0.237 e. The van der Waals surface area contributed by atoms with Crippen LogP contribution in [0.25, 0.3) is 0 Å². The van der Waals surface area contributed by atoms with Crippen molar-refractivity contribution in [1.29, 1.82) is 0 Å². The Morgan fingerprint density at radius 3 is 2.68 bits per heavy atom. The van der Waals surface area contributed by atoms with Gasteiger partial charge in [0.15, 0.2) is 0 Å². The van der Waals surface area contributed by atoms with Crippen molar-refractivity contribution < 1.29 is 4.79 Å². The lowest BCUT2D eigenvalue weighted by Crippen LogP contribution is -2.53. The van der Waals surface area contributed by atoms with Gasteiger partial charge in [-0.05, 0) is 43.4 Å². The predicted molar refractivity (Wildman–Crippen MR) is 82.4 cm³/mol. The normalized spacial score (nSPS) is 25.5. The van der Waals surface area contributed by atoms with Crippen LogP contribution in [-0.2, 0) is 4.79 Å². The van der Waals surface area contributed by atoms with Gasteiger partial charge in [0.2, 0.25) is 5.91 Å². The summed E-state index contributed by atoms with van der Waals surface area (Å²) in [5.41, 5.74) is 6.75. The zero-order valence-corrected chi connectivity index (χ0v) is 12.6. The van der Waals surface area contributed by atoms with Gasteiger partial charge in [-0.25, -0.2) is 0 Å². The van der Waals surface area contributed by atoms with Gasteiger partial charge in [0, 0.05) is 10.7 Å². The van der Waals surface area contributed by atoms with E-state index in [2.05, 4.69) is 12.2 Å². The summed E-state index contributed by atoms with van der Waals surface area (Å²) in [6.45, 7) is 4.01. The van der Waals surface area contributed by atoms with E-state index in [1.807, 2.05) is 13.0 Å². The van der Waals surface area contributed by atoms with Crippen molar-refractivity contribution >= 4 is 40.4 Å². The van der Waals surface area contributed by atoms with Gasteiger partial charge in [-0.1, -0.05) is 36.8 Å². The van der Waals surface area contributed by atoms with Gasteiger partial charge in [-0.3, -0.25) is 4.79 Å². The molecule has 3 N–H and O–H groups in total. The number of anilines is 1. The van der Waals surface area contributed by atoms with Crippen LogP contribution < -0.4 is 11.1 Å². The second-order valence-corrected chi connectivity index (χ2v) is 6.25. The summed E-state index contributed by atoms with van der Waals surface area (Å²) in [5.74, 6) is 0.358. The van der Waals surface area contributed by atoms with E-state index in [1.165, 1.54) is 0 Å². The summed E-state index contributed by atoms with van der Waals surface area (Å²) in [4.78, 5) is 12.7. The molecule has 5 heteroatoms. The number of halogens is 1. The van der Waals surface area contributed by atoms with Gasteiger partial charge in [-0.2, -0.15) is 0 Å². The largest absolute Gasteiger partial charge is 0.392 e. The standard InChI is InChI=1S/C14H17ClN2OS/c1-8-6-14(7-8,12(16)19)13(18)17-11-5-10(15)4-3-9(11)2/h3-5,8H,6-7H2,1-2H3,(H2,16,19)(H,17,18). The zero-order valence-electron chi connectivity index (χ0n) is 11.0. The third kappa shape index (κ3) is 2.60. The number of carbonyl (C=O) groups excluding carboxylic acids is 1. The number of amides is 1. The Kier molecular flexibility index (Phi) is 3.83. The van der Waals surface area contributed by atoms with Gasteiger partial charge in [0.25, 0.3) is 0 Å². The van der Waals surface area contributed by atoms with E-state index in [-0.39, 0.29) is 10.9 Å². The lowest BCUT2D eigenvalue weighted by atomic mass is 9.62. The number of hydrogen-bond donors (Lipinski definition) is 2. The molecule has 0 bridgehead atoms. The van der Waals surface area contributed by atoms with Crippen LogP contribution in [0.3, 0.4) is 0 Å². The molecule has 0 heterocycles. The molecule has 3 nitrogen and oxygen atoms in total. The number of hydrogen-bond acceptors (Lipinski definition) is 2. The van der Waals surface area contributed by atoms with Gasteiger partial charge in [0.05, 0.1) is 10.4 Å². The van der Waals surface area contributed by atoms with Crippen molar-refractivity contribution in [3.63, 3.8) is 0 Å². The van der Waals surface area contributed by atoms with Crippen LogP contribution in [0.15, 0.2) is 18.2 Å². The second-order valence-electron chi connectivity index (χ2n) is 5.37. The third-order valence-electron chi connectivity index (χ3n) is 3.75. The van der Waals surface area contributed by atoms with E-state index in [9.17, 15) is 4.79 Å². The summed E-state index contributed by atoms with van der Waals surface area (Å²) < 4.78 is 0. The molecular weight excluding hydrogens is 280 g/mol. The minimum Gasteiger partial charge on any atom is -0.392 e. The Balaban J connectivity index is 2.21. The van der Waals surface area contributed by atoms with Crippen LogP contribution in [0, 0.1) is 18.3 Å². The SMILES string of the molecule is Cc1ccc(Cl)cc1NC(=O)C1(C(N)=S)CC(C)C1. The Bertz CT molecular complexity index is 538. The van der Waals surface area contributed by atoms with Crippen molar-refractivity contribution in [2.24, 2.45) is 17.1 Å². The lowest BCUT2D eigenvalue weighted by Gasteiger charge is -2.44. The van der Waals surface area contributed by atoms with Gasteiger partial charge < -0.3 is 11.1 Å². The van der Waals surface area contributed by atoms with Crippen LogP contribution in [-0.4, -0.2) is 10.9 Å². The fraction of sp³-hybridized carbons (Fsp3) is 0.429. The van der Waals surface area contributed by atoms with Crippen LogP contribution >= 0.6 is 23.8 Å². The van der Waals surface area contributed by atoms with Crippen molar-refractivity contribution in [1.82, 2.24) is 0 Å². The molecule has 0 radical (unpaired) electrons. The molecule has 1 aliphatic carbocycles. The predicted octanol–water partition coefficient (Wildman–Crippen LogP) is 3.29. The minimum atomic E-state index is -0.691. The van der Waals surface area contributed by atoms with Crippen molar-refractivity contribution in [3.05, 3.63) is 28.8 Å². The molecule has 19 heavy (non-hydrogen) atoms. The average molecular weight is 297 g/mol. The molecule has 0 aliphatic heterocycles. The highest BCUT2D eigenvalue weighted by Crippen LogP contribution is 2.46. The first-order chi connectivity index (χ1) is 8.85. The van der Waals surface area contributed by atoms with E-state index < -0.39 is 5.41 Å². The van der Waals surface area contributed by atoms with E-state index >= 15 is 0 Å². The summed E-state index contributed by atoms with van der Waals surface area (Å²) >= 11 is 11.0. The summed E-state index contributed by atoms with van der Waals surface area (Å²) in [5, 5.41) is 3.49. The van der Waals surface area contributed by atoms with E-state index in [0.29, 0.717) is 29.5 Å². The van der Waals surface area contributed by atoms with Gasteiger partial charge >= 0.3 is 0 Å². The highest BCUT2D eigenvalue weighted by molar-refractivity contribution is 7.80. The topological polar surface area (TPSA) is 55.1 Å². The number of carbonyl (C=O) groups is 1. The molecule has 1 aromatic rings. The molecule has 102 valence electrons. The molecule has 1 aliphatic rings. The first kappa shape index (κ1) is 14.3. The number of nitrogens with two attached hydrogens (primary N) is 1. The molecule has 2 rings (SSSR count). The Labute approximate surface area is 123 Å². The van der Waals surface area contributed by atoms with Crippen LogP contribution in [0.5, 0.6) is 0 Å². The monoisotopic (exact) mass is 296 g/mol. The minimum absolute atomic E-state index is 0.122. The molecule has 0 unspecified atom stereocenters. The molecule has 0 aromatic heterocycles. The van der Waals surface area contributed by atoms with Gasteiger partial charge in [0.1, 0.15) is 0 Å². The molecule has 1 saturated carbocycles. The molecule has 0 atom stereocenters. The van der Waals surface area contributed by atoms with E-state index in [1.54, 1.807) is 12.1 Å². The van der Waals surface area contributed by atoms with Crippen molar-refractivity contribution in [2.75, 3.05) is 5.32 Å². The highest BCUT2D eigenvalue weighted by atomic mass is 35.5. The second kappa shape index (κ2) is 5.10. The van der Waals surface area contributed by atoms with E-state index in [0.717, 1.165) is 5.56 Å². The number of benzene rings is 1. The summed E-state index contributed by atoms with van der Waals surface area (Å²) in [6, 6.07) is 5.40. The maximum Gasteiger partial charge on any atom is 0.237 e. The first-order valence-corrected chi connectivity index (χ1v) is 7.01. The molecule has 1 amide bonds. The lowest BCUT2D eigenvalue weighted by molar-refractivity contribution is -0.127. The van der Waals surface area contributed by atoms with Crippen LogP contribution in [0.1, 0.15) is 25.3 Å². The van der Waals surface area contributed by atoms with Crippen molar-refractivity contribution in [3.8, 4) is 0 Å². The van der Waals surface area contributed by atoms with Crippen molar-refractivity contribution in [2.45, 2.75) is 26.7 Å². The first-order valence-electron chi connectivity index (χ1n) is 6.22. The molecule has 0 spiro atoms. The third-order valence-corrected chi connectivity index (χ3v) is 4.37. The Hall–Kier alpha value is -1.13. The highest BCUT2D eigenvalue weighted by Gasteiger charge is 2.50. The number of thiocarbonyl (C=S) groups is 1. The summed E-state index contributed by atoms with van der Waals surface area (Å²) in [6.07, 6.45) is 1.43. The molecule has 1 fully saturated rings. The van der Waals surface area contributed by atoms with Crippen LogP contribution in [0.2, 0.25) is 5.02 Å². The fourth-order valence-corrected chi connectivity index (χ4v) is 3.03.